The summed E-state index contributed by atoms with van der Waals surface area (Å²) in [4.78, 5) is 25.0. The Balaban J connectivity index is 1.87. The highest BCUT2D eigenvalue weighted by molar-refractivity contribution is 5.95. The Morgan fingerprint density at radius 1 is 1.14 bits per heavy atom. The van der Waals surface area contributed by atoms with Gasteiger partial charge >= 0.3 is 0 Å². The molecule has 3 atom stereocenters. The van der Waals surface area contributed by atoms with E-state index >= 15 is 0 Å². The van der Waals surface area contributed by atoms with E-state index in [0.717, 1.165) is 18.8 Å². The summed E-state index contributed by atoms with van der Waals surface area (Å²) in [5.41, 5.74) is 1.32. The average molecular weight is 304 g/mol. The highest BCUT2D eigenvalue weighted by atomic mass is 16.2. The molecule has 1 aliphatic rings. The molecule has 2 rings (SSSR count). The third-order valence-electron chi connectivity index (χ3n) is 4.15. The largest absolute Gasteiger partial charge is 0.355 e. The first-order chi connectivity index (χ1) is 10.5. The Kier molecular flexibility index (Phi) is 5.55. The number of anilines is 1. The molecule has 3 N–H and O–H groups in total. The second-order valence-corrected chi connectivity index (χ2v) is 6.49. The quantitative estimate of drug-likeness (QED) is 0.760. The highest BCUT2D eigenvalue weighted by Crippen LogP contribution is 2.12. The van der Waals surface area contributed by atoms with Gasteiger partial charge in [0.1, 0.15) is 0 Å². The topological polar surface area (TPSA) is 62.6 Å². The van der Waals surface area contributed by atoms with Crippen LogP contribution in [0.3, 0.4) is 0 Å². The highest BCUT2D eigenvalue weighted by Gasteiger charge is 2.26. The van der Waals surface area contributed by atoms with Crippen molar-refractivity contribution in [3.8, 4) is 0 Å². The van der Waals surface area contributed by atoms with Crippen LogP contribution in [0.5, 0.6) is 0 Å². The molecule has 2 amide bonds. The average Bonchev–Trinajstić information content (AvgIpc) is 2.46. The lowest BCUT2D eigenvalue weighted by molar-refractivity contribution is -0.904. The van der Waals surface area contributed by atoms with Gasteiger partial charge in [-0.1, -0.05) is 13.8 Å². The van der Waals surface area contributed by atoms with Gasteiger partial charge in [-0.25, -0.2) is 0 Å². The number of hydrogen-bond acceptors (Lipinski definition) is 2. The third-order valence-corrected chi connectivity index (χ3v) is 4.15. The Morgan fingerprint density at radius 2 is 1.73 bits per heavy atom. The van der Waals surface area contributed by atoms with Crippen LogP contribution in [-0.4, -0.2) is 38.5 Å². The molecular weight excluding hydrogens is 278 g/mol. The number of benzene rings is 1. The minimum Gasteiger partial charge on any atom is -0.355 e. The summed E-state index contributed by atoms with van der Waals surface area (Å²) in [6, 6.07) is 6.96. The van der Waals surface area contributed by atoms with Gasteiger partial charge in [-0.2, -0.15) is 0 Å². The van der Waals surface area contributed by atoms with Crippen LogP contribution in [0.2, 0.25) is 0 Å². The first-order valence-electron chi connectivity index (χ1n) is 7.93. The van der Waals surface area contributed by atoms with Crippen LogP contribution in [0, 0.1) is 11.8 Å². The van der Waals surface area contributed by atoms with Crippen LogP contribution in [0.1, 0.15) is 30.6 Å². The summed E-state index contributed by atoms with van der Waals surface area (Å²) in [7, 11) is 1.60. The predicted molar refractivity (Wildman–Crippen MR) is 87.0 cm³/mol. The second-order valence-electron chi connectivity index (χ2n) is 6.49. The molecule has 5 heteroatoms. The molecule has 0 saturated carbocycles. The summed E-state index contributed by atoms with van der Waals surface area (Å²) < 4.78 is 0. The zero-order valence-electron chi connectivity index (χ0n) is 13.6. The summed E-state index contributed by atoms with van der Waals surface area (Å²) in [6.07, 6.45) is 1.26. The minimum absolute atomic E-state index is 0.0315. The van der Waals surface area contributed by atoms with E-state index in [4.69, 9.17) is 0 Å². The number of quaternary nitrogens is 1. The maximum Gasteiger partial charge on any atom is 0.279 e. The van der Waals surface area contributed by atoms with Crippen LogP contribution >= 0.6 is 0 Å². The lowest BCUT2D eigenvalue weighted by atomic mass is 9.92. The van der Waals surface area contributed by atoms with Crippen molar-refractivity contribution >= 4 is 17.5 Å². The monoisotopic (exact) mass is 304 g/mol. The molecule has 0 spiro atoms. The molecule has 22 heavy (non-hydrogen) atoms. The van der Waals surface area contributed by atoms with E-state index in [2.05, 4.69) is 24.5 Å². The van der Waals surface area contributed by atoms with E-state index in [-0.39, 0.29) is 11.8 Å². The third kappa shape index (κ3) is 4.56. The van der Waals surface area contributed by atoms with Crippen LogP contribution in [-0.2, 0) is 4.79 Å². The van der Waals surface area contributed by atoms with Crippen LogP contribution in [0.25, 0.3) is 0 Å². The normalized spacial score (nSPS) is 24.6. The molecule has 1 fully saturated rings. The molecule has 1 heterocycles. The lowest BCUT2D eigenvalue weighted by Crippen LogP contribution is -3.15. The first-order valence-corrected chi connectivity index (χ1v) is 7.93. The molecule has 120 valence electrons. The number of nitrogens with one attached hydrogen (secondary N) is 3. The smallest absolute Gasteiger partial charge is 0.279 e. The van der Waals surface area contributed by atoms with Crippen molar-refractivity contribution in [1.29, 1.82) is 0 Å². The van der Waals surface area contributed by atoms with Crippen molar-refractivity contribution in [2.75, 3.05) is 32.0 Å². The SMILES string of the molecule is CNC(=O)c1ccc(NC(=O)C[NH+]2C[C@H](C)C[C@H](C)C2)cc1. The molecule has 5 nitrogen and oxygen atoms in total. The molecule has 1 aromatic rings. The zero-order chi connectivity index (χ0) is 16.1. The Labute approximate surface area is 132 Å². The lowest BCUT2D eigenvalue weighted by Gasteiger charge is -2.31. The van der Waals surface area contributed by atoms with Crippen LogP contribution < -0.4 is 15.5 Å². The molecule has 1 saturated heterocycles. The van der Waals surface area contributed by atoms with Crippen molar-refractivity contribution < 1.29 is 14.5 Å². The van der Waals surface area contributed by atoms with E-state index < -0.39 is 0 Å². The van der Waals surface area contributed by atoms with Crippen LogP contribution in [0.4, 0.5) is 5.69 Å². The van der Waals surface area contributed by atoms with Gasteiger partial charge < -0.3 is 15.5 Å². The van der Waals surface area contributed by atoms with Crippen molar-refractivity contribution in [3.05, 3.63) is 29.8 Å². The van der Waals surface area contributed by atoms with Crippen molar-refractivity contribution in [2.24, 2.45) is 11.8 Å². The number of hydrogen-bond donors (Lipinski definition) is 3. The van der Waals surface area contributed by atoms with Gasteiger partial charge in [0.25, 0.3) is 11.8 Å². The summed E-state index contributed by atoms with van der Waals surface area (Å²) in [6.45, 7) is 7.14. The van der Waals surface area contributed by atoms with E-state index in [1.807, 2.05) is 0 Å². The van der Waals surface area contributed by atoms with Crippen molar-refractivity contribution in [3.63, 3.8) is 0 Å². The van der Waals surface area contributed by atoms with Gasteiger partial charge in [0, 0.05) is 30.1 Å². The Bertz CT molecular complexity index is 517. The van der Waals surface area contributed by atoms with Crippen LogP contribution in [0.15, 0.2) is 24.3 Å². The molecule has 1 aliphatic heterocycles. The first kappa shape index (κ1) is 16.5. The Morgan fingerprint density at radius 3 is 2.27 bits per heavy atom. The van der Waals surface area contributed by atoms with E-state index in [0.29, 0.717) is 23.9 Å². The van der Waals surface area contributed by atoms with E-state index in [1.54, 1.807) is 31.3 Å². The van der Waals surface area contributed by atoms with Crippen molar-refractivity contribution in [1.82, 2.24) is 5.32 Å². The number of piperidine rings is 1. The molecule has 0 radical (unpaired) electrons. The number of carbonyl (C=O) groups is 2. The van der Waals surface area contributed by atoms with Gasteiger partial charge in [0.15, 0.2) is 6.54 Å². The molecule has 1 unspecified atom stereocenters. The number of amides is 2. The number of rotatable bonds is 4. The van der Waals surface area contributed by atoms with Gasteiger partial charge in [-0.05, 0) is 30.7 Å². The molecule has 0 bridgehead atoms. The van der Waals surface area contributed by atoms with Gasteiger partial charge in [0.2, 0.25) is 0 Å². The fourth-order valence-corrected chi connectivity index (χ4v) is 3.35. The second kappa shape index (κ2) is 7.40. The zero-order valence-corrected chi connectivity index (χ0v) is 13.6. The van der Waals surface area contributed by atoms with E-state index in [1.165, 1.54) is 11.3 Å². The maximum atomic E-state index is 12.2. The van der Waals surface area contributed by atoms with Gasteiger partial charge in [0.05, 0.1) is 13.1 Å². The van der Waals surface area contributed by atoms with Gasteiger partial charge in [-0.15, -0.1) is 0 Å². The summed E-state index contributed by atoms with van der Waals surface area (Å²) >= 11 is 0. The van der Waals surface area contributed by atoms with E-state index in [9.17, 15) is 9.59 Å². The molecule has 0 aliphatic carbocycles. The van der Waals surface area contributed by atoms with Crippen molar-refractivity contribution in [2.45, 2.75) is 20.3 Å². The predicted octanol–water partition coefficient (Wildman–Crippen LogP) is 0.546. The number of carbonyl (C=O) groups excluding carboxylic acids is 2. The molecule has 0 aromatic heterocycles. The van der Waals surface area contributed by atoms with Gasteiger partial charge in [-0.3, -0.25) is 9.59 Å². The molecule has 1 aromatic carbocycles. The molecular formula is C17H26N3O2+. The fourth-order valence-electron chi connectivity index (χ4n) is 3.35. The maximum absolute atomic E-state index is 12.2. The fraction of sp³-hybridized carbons (Fsp3) is 0.529. The summed E-state index contributed by atoms with van der Waals surface area (Å²) in [5, 5.41) is 5.49. The minimum atomic E-state index is -0.126. The Hall–Kier alpha value is -1.88. The number of likely N-dealkylation sites (tertiary alicyclic amines) is 1. The summed E-state index contributed by atoms with van der Waals surface area (Å²) in [5.74, 6) is 1.26. The standard InChI is InChI=1S/C17H25N3O2/c1-12-8-13(2)10-20(9-12)11-16(21)19-15-6-4-14(5-7-15)17(22)18-3/h4-7,12-13H,8-11H2,1-3H3,(H,18,22)(H,19,21)/p+1/t12-,13+.